The van der Waals surface area contributed by atoms with Crippen LogP contribution in [0.15, 0.2) is 23.7 Å². The molecule has 138 valence electrons. The molecule has 1 fully saturated rings. The summed E-state index contributed by atoms with van der Waals surface area (Å²) in [5.41, 5.74) is 9.01. The molecule has 3 aromatic heterocycles. The van der Waals surface area contributed by atoms with Gasteiger partial charge < -0.3 is 11.1 Å². The van der Waals surface area contributed by atoms with Gasteiger partial charge in [0, 0.05) is 34.7 Å². The first-order valence-corrected chi connectivity index (χ1v) is 10.3. The number of rotatable bonds is 7. The van der Waals surface area contributed by atoms with Crippen molar-refractivity contribution in [2.45, 2.75) is 44.7 Å². The first-order valence-electron chi connectivity index (χ1n) is 8.57. The van der Waals surface area contributed by atoms with Crippen molar-refractivity contribution < 1.29 is 8.78 Å². The lowest BCUT2D eigenvalue weighted by Crippen LogP contribution is -2.24. The normalized spacial score (nSPS) is 19.6. The molecule has 0 aliphatic heterocycles. The van der Waals surface area contributed by atoms with Gasteiger partial charge in [0.05, 0.1) is 16.6 Å². The van der Waals surface area contributed by atoms with E-state index in [1.165, 1.54) is 4.88 Å². The summed E-state index contributed by atoms with van der Waals surface area (Å²) in [5, 5.41) is 13.9. The van der Waals surface area contributed by atoms with Gasteiger partial charge in [0.25, 0.3) is 5.92 Å². The molecule has 26 heavy (non-hydrogen) atoms. The lowest BCUT2D eigenvalue weighted by molar-refractivity contribution is 0.0954. The third-order valence-electron chi connectivity index (χ3n) is 4.83. The Balaban J connectivity index is 1.51. The molecular formula is C18H20F2N4S2. The molecule has 0 radical (unpaired) electrons. The Morgan fingerprint density at radius 1 is 1.46 bits per heavy atom. The molecule has 1 aliphatic carbocycles. The Morgan fingerprint density at radius 3 is 2.96 bits per heavy atom. The van der Waals surface area contributed by atoms with Crippen LogP contribution in [0, 0.1) is 12.8 Å². The number of aryl methyl sites for hydroxylation is 1. The van der Waals surface area contributed by atoms with Gasteiger partial charge in [-0.25, -0.2) is 8.78 Å². The smallest absolute Gasteiger partial charge is 0.251 e. The highest BCUT2D eigenvalue weighted by molar-refractivity contribution is 7.19. The summed E-state index contributed by atoms with van der Waals surface area (Å²) in [5.74, 6) is -3.05. The van der Waals surface area contributed by atoms with E-state index in [0.29, 0.717) is 12.8 Å². The number of nitrogens with two attached hydrogens (primary N) is 1. The molecule has 0 unspecified atom stereocenters. The molecule has 3 aromatic rings. The van der Waals surface area contributed by atoms with Gasteiger partial charge in [0.15, 0.2) is 0 Å². The van der Waals surface area contributed by atoms with E-state index in [4.69, 9.17) is 5.73 Å². The lowest BCUT2D eigenvalue weighted by atomic mass is 10.0. The summed E-state index contributed by atoms with van der Waals surface area (Å²) >= 11 is 3.34. The van der Waals surface area contributed by atoms with Crippen LogP contribution in [0.1, 0.15) is 28.2 Å². The van der Waals surface area contributed by atoms with Crippen LogP contribution in [0.2, 0.25) is 0 Å². The average molecular weight is 395 g/mol. The monoisotopic (exact) mass is 394 g/mol. The maximum absolute atomic E-state index is 13.1. The Bertz CT molecular complexity index is 907. The molecule has 4 nitrogen and oxygen atoms in total. The summed E-state index contributed by atoms with van der Waals surface area (Å²) in [4.78, 5) is 2.35. The third kappa shape index (κ3) is 3.58. The van der Waals surface area contributed by atoms with Gasteiger partial charge >= 0.3 is 0 Å². The van der Waals surface area contributed by atoms with Gasteiger partial charge in [-0.2, -0.15) is 5.10 Å². The molecule has 0 amide bonds. The minimum Gasteiger partial charge on any atom is -0.378 e. The molecule has 8 heteroatoms. The van der Waals surface area contributed by atoms with Crippen molar-refractivity contribution in [1.82, 2.24) is 10.2 Å². The number of halogens is 2. The molecule has 0 saturated heterocycles. The van der Waals surface area contributed by atoms with E-state index >= 15 is 0 Å². The van der Waals surface area contributed by atoms with Crippen LogP contribution in [0.4, 0.5) is 14.5 Å². The second-order valence-corrected chi connectivity index (χ2v) is 9.02. The maximum atomic E-state index is 13.1. The highest BCUT2D eigenvalue weighted by Gasteiger charge is 2.56. The topological polar surface area (TPSA) is 63.8 Å². The highest BCUT2D eigenvalue weighted by Crippen LogP contribution is 2.51. The Morgan fingerprint density at radius 2 is 2.27 bits per heavy atom. The van der Waals surface area contributed by atoms with Crippen LogP contribution in [-0.2, 0) is 13.0 Å². The van der Waals surface area contributed by atoms with Crippen molar-refractivity contribution in [3.63, 3.8) is 0 Å². The van der Waals surface area contributed by atoms with Crippen molar-refractivity contribution in [2.75, 3.05) is 5.32 Å². The van der Waals surface area contributed by atoms with Crippen LogP contribution in [0.25, 0.3) is 10.2 Å². The molecule has 2 atom stereocenters. The predicted octanol–water partition coefficient (Wildman–Crippen LogP) is 4.59. The summed E-state index contributed by atoms with van der Waals surface area (Å²) in [6.07, 6.45) is 2.69. The van der Waals surface area contributed by atoms with E-state index in [0.717, 1.165) is 32.9 Å². The number of hydrogen-bond acceptors (Lipinski definition) is 6. The molecule has 3 N–H and O–H groups in total. The number of aromatic nitrogens is 2. The van der Waals surface area contributed by atoms with Crippen molar-refractivity contribution >= 4 is 38.6 Å². The molecule has 0 bridgehead atoms. The number of anilines is 1. The fraction of sp³-hybridized carbons (Fsp3) is 0.444. The zero-order valence-corrected chi connectivity index (χ0v) is 16.0. The van der Waals surface area contributed by atoms with Crippen LogP contribution < -0.4 is 11.1 Å². The first kappa shape index (κ1) is 17.8. The Hall–Kier alpha value is -1.64. The molecule has 4 rings (SSSR count). The fourth-order valence-corrected chi connectivity index (χ4v) is 5.15. The standard InChI is InChI=1S/C18H20F2N4S2/c1-10-15(6-12(21)5-11-7-18(11,19)20)26-17-14(9-23-24-16(10)17)22-8-13-3-2-4-25-13/h2-4,9,11-12H,5-8,21H2,1H3,(H,22,24)/t11-,12+/m1/s1. The van der Waals surface area contributed by atoms with Gasteiger partial charge in [0.2, 0.25) is 0 Å². The predicted molar refractivity (Wildman–Crippen MR) is 103 cm³/mol. The van der Waals surface area contributed by atoms with E-state index in [-0.39, 0.29) is 12.5 Å². The highest BCUT2D eigenvalue weighted by atomic mass is 32.1. The maximum Gasteiger partial charge on any atom is 0.251 e. The molecular weight excluding hydrogens is 374 g/mol. The van der Waals surface area contributed by atoms with Gasteiger partial charge in [0.1, 0.15) is 5.52 Å². The molecule has 1 aliphatic rings. The van der Waals surface area contributed by atoms with Crippen molar-refractivity contribution in [3.05, 3.63) is 39.0 Å². The minimum atomic E-state index is -2.50. The van der Waals surface area contributed by atoms with Gasteiger partial charge in [-0.1, -0.05) is 6.07 Å². The largest absolute Gasteiger partial charge is 0.378 e. The second-order valence-electron chi connectivity index (χ2n) is 6.88. The van der Waals surface area contributed by atoms with Crippen LogP contribution in [-0.4, -0.2) is 22.2 Å². The number of hydrogen-bond donors (Lipinski definition) is 2. The van der Waals surface area contributed by atoms with Crippen molar-refractivity contribution in [2.24, 2.45) is 11.7 Å². The summed E-state index contributed by atoms with van der Waals surface area (Å²) < 4.78 is 27.3. The van der Waals surface area contributed by atoms with Gasteiger partial charge in [-0.15, -0.1) is 27.8 Å². The zero-order chi connectivity index (χ0) is 18.3. The minimum absolute atomic E-state index is 0.0195. The number of nitrogens with zero attached hydrogens (tertiary/aromatic N) is 2. The van der Waals surface area contributed by atoms with E-state index in [1.54, 1.807) is 28.9 Å². The van der Waals surface area contributed by atoms with Crippen LogP contribution in [0.3, 0.4) is 0 Å². The molecule has 0 aromatic carbocycles. The zero-order valence-electron chi connectivity index (χ0n) is 14.3. The third-order valence-corrected chi connectivity index (χ3v) is 7.04. The number of nitrogens with one attached hydrogen (secondary N) is 1. The number of alkyl halides is 2. The van der Waals surface area contributed by atoms with Gasteiger partial charge in [-0.3, -0.25) is 0 Å². The SMILES string of the molecule is Cc1c(C[C@@H](N)C[C@@H]2CC2(F)F)sc2c(NCc3cccs3)cnnc12. The van der Waals surface area contributed by atoms with Crippen molar-refractivity contribution in [3.8, 4) is 0 Å². The van der Waals surface area contributed by atoms with E-state index in [1.807, 2.05) is 13.0 Å². The number of thiophene rings is 2. The van der Waals surface area contributed by atoms with E-state index in [2.05, 4.69) is 27.0 Å². The van der Waals surface area contributed by atoms with Crippen LogP contribution in [0.5, 0.6) is 0 Å². The van der Waals surface area contributed by atoms with E-state index < -0.39 is 11.8 Å². The molecule has 0 spiro atoms. The fourth-order valence-electron chi connectivity index (χ4n) is 3.18. The lowest BCUT2D eigenvalue weighted by Gasteiger charge is -2.10. The van der Waals surface area contributed by atoms with E-state index in [9.17, 15) is 8.78 Å². The molecule has 1 saturated carbocycles. The quantitative estimate of drug-likeness (QED) is 0.615. The Labute approximate surface area is 158 Å². The second kappa shape index (κ2) is 6.83. The first-order chi connectivity index (χ1) is 12.4. The number of fused-ring (bicyclic) bond motifs is 1. The summed E-state index contributed by atoms with van der Waals surface area (Å²) in [7, 11) is 0. The summed E-state index contributed by atoms with van der Waals surface area (Å²) in [6, 6.07) is 3.86. The molecule has 3 heterocycles. The van der Waals surface area contributed by atoms with Crippen LogP contribution >= 0.6 is 22.7 Å². The van der Waals surface area contributed by atoms with Gasteiger partial charge in [-0.05, 0) is 36.8 Å². The Kier molecular flexibility index (Phi) is 4.66. The summed E-state index contributed by atoms with van der Waals surface area (Å²) in [6.45, 7) is 2.74. The average Bonchev–Trinajstić information content (AvgIpc) is 2.98. The van der Waals surface area contributed by atoms with Crippen molar-refractivity contribution in [1.29, 1.82) is 0 Å².